The Bertz CT molecular complexity index is 358. The average molecular weight is 350 g/mol. The van der Waals surface area contributed by atoms with Gasteiger partial charge in [-0.05, 0) is 12.8 Å². The van der Waals surface area contributed by atoms with E-state index in [4.69, 9.17) is 9.47 Å². The molecule has 0 spiro atoms. The highest BCUT2D eigenvalue weighted by molar-refractivity contribution is 7.80. The molecule has 0 aromatic carbocycles. The first-order chi connectivity index (χ1) is 11.0. The summed E-state index contributed by atoms with van der Waals surface area (Å²) in [6.45, 7) is 4.64. The molecule has 0 aliphatic heterocycles. The van der Waals surface area contributed by atoms with E-state index in [1.54, 1.807) is 0 Å². The topological polar surface area (TPSA) is 89.9 Å². The van der Waals surface area contributed by atoms with Gasteiger partial charge < -0.3 is 14.0 Å². The number of carbonyl (C=O) groups excluding carboxylic acids is 2. The van der Waals surface area contributed by atoms with Crippen LogP contribution in [-0.4, -0.2) is 39.2 Å². The SMILES string of the molecule is CCCCCCOC(=O)CC(C(=O)OCCCCCC)S(=O)O. The molecule has 0 saturated heterocycles. The molecule has 0 bridgehead atoms. The van der Waals surface area contributed by atoms with Gasteiger partial charge in [-0.2, -0.15) is 0 Å². The van der Waals surface area contributed by atoms with E-state index >= 15 is 0 Å². The van der Waals surface area contributed by atoms with Gasteiger partial charge in [0.1, 0.15) is 0 Å². The van der Waals surface area contributed by atoms with Gasteiger partial charge in [-0.3, -0.25) is 9.59 Å². The van der Waals surface area contributed by atoms with E-state index in [2.05, 4.69) is 13.8 Å². The molecule has 0 aromatic rings. The van der Waals surface area contributed by atoms with Crippen molar-refractivity contribution < 1.29 is 27.8 Å². The molecule has 0 aliphatic carbocycles. The first kappa shape index (κ1) is 22.1. The summed E-state index contributed by atoms with van der Waals surface area (Å²) < 4.78 is 30.4. The molecular formula is C16H30O6S. The molecule has 6 nitrogen and oxygen atoms in total. The summed E-state index contributed by atoms with van der Waals surface area (Å²) in [5.74, 6) is -1.46. The maximum absolute atomic E-state index is 11.8. The molecule has 0 rings (SSSR count). The molecule has 2 atom stereocenters. The predicted molar refractivity (Wildman–Crippen MR) is 89.4 cm³/mol. The van der Waals surface area contributed by atoms with Crippen molar-refractivity contribution in [1.29, 1.82) is 0 Å². The summed E-state index contributed by atoms with van der Waals surface area (Å²) in [7, 11) is 0. The van der Waals surface area contributed by atoms with Gasteiger partial charge in [-0.1, -0.05) is 52.4 Å². The fourth-order valence-corrected chi connectivity index (χ4v) is 2.47. The van der Waals surface area contributed by atoms with Crippen molar-refractivity contribution in [2.45, 2.75) is 76.9 Å². The van der Waals surface area contributed by atoms with E-state index in [9.17, 15) is 18.4 Å². The Morgan fingerprint density at radius 1 is 0.913 bits per heavy atom. The average Bonchev–Trinajstić information content (AvgIpc) is 2.51. The van der Waals surface area contributed by atoms with Crippen molar-refractivity contribution in [3.8, 4) is 0 Å². The third kappa shape index (κ3) is 12.2. The second-order valence-corrected chi connectivity index (χ2v) is 6.60. The molecule has 7 heteroatoms. The van der Waals surface area contributed by atoms with Crippen LogP contribution in [0.1, 0.15) is 71.6 Å². The molecule has 23 heavy (non-hydrogen) atoms. The maximum Gasteiger partial charge on any atom is 0.324 e. The highest BCUT2D eigenvalue weighted by Gasteiger charge is 2.29. The van der Waals surface area contributed by atoms with E-state index in [0.29, 0.717) is 6.42 Å². The number of rotatable bonds is 14. The molecule has 136 valence electrons. The molecule has 0 fully saturated rings. The van der Waals surface area contributed by atoms with Crippen LogP contribution in [0, 0.1) is 0 Å². The fourth-order valence-electron chi connectivity index (χ4n) is 1.96. The second-order valence-electron chi connectivity index (χ2n) is 5.48. The zero-order valence-electron chi connectivity index (χ0n) is 14.3. The first-order valence-corrected chi connectivity index (χ1v) is 9.61. The summed E-state index contributed by atoms with van der Waals surface area (Å²) in [5.41, 5.74) is 0. The monoisotopic (exact) mass is 350 g/mol. The molecule has 0 saturated carbocycles. The molecule has 0 amide bonds. The van der Waals surface area contributed by atoms with Crippen molar-refractivity contribution in [2.75, 3.05) is 13.2 Å². The Morgan fingerprint density at radius 3 is 1.91 bits per heavy atom. The van der Waals surface area contributed by atoms with E-state index in [1.807, 2.05) is 0 Å². The normalized spacial score (nSPS) is 13.3. The maximum atomic E-state index is 11.8. The van der Waals surface area contributed by atoms with Crippen LogP contribution in [0.3, 0.4) is 0 Å². The van der Waals surface area contributed by atoms with Gasteiger partial charge in [0.2, 0.25) is 0 Å². The van der Waals surface area contributed by atoms with Gasteiger partial charge in [-0.15, -0.1) is 0 Å². The third-order valence-corrected chi connectivity index (χ3v) is 4.21. The lowest BCUT2D eigenvalue weighted by atomic mass is 10.2. The van der Waals surface area contributed by atoms with E-state index in [-0.39, 0.29) is 13.2 Å². The van der Waals surface area contributed by atoms with Crippen LogP contribution in [-0.2, 0) is 30.1 Å². The number of esters is 2. The minimum atomic E-state index is -2.45. The largest absolute Gasteiger partial charge is 0.466 e. The predicted octanol–water partition coefficient (Wildman–Crippen LogP) is 3.21. The summed E-state index contributed by atoms with van der Waals surface area (Å²) in [4.78, 5) is 23.4. The van der Waals surface area contributed by atoms with Crippen LogP contribution >= 0.6 is 0 Å². The Balaban J connectivity index is 4.06. The molecule has 0 aliphatic rings. The van der Waals surface area contributed by atoms with E-state index < -0.39 is 34.7 Å². The second kappa shape index (κ2) is 14.6. The van der Waals surface area contributed by atoms with Crippen molar-refractivity contribution in [2.24, 2.45) is 0 Å². The third-order valence-electron chi connectivity index (χ3n) is 3.36. The molecular weight excluding hydrogens is 320 g/mol. The number of carbonyl (C=O) groups is 2. The molecule has 1 N–H and O–H groups in total. The van der Waals surface area contributed by atoms with E-state index in [0.717, 1.165) is 44.9 Å². The standard InChI is InChI=1S/C16H30O6S/c1-3-5-7-9-11-21-15(17)13-14(23(19)20)16(18)22-12-10-8-6-4-2/h14H,3-13H2,1-2H3,(H,19,20). The van der Waals surface area contributed by atoms with Crippen LogP contribution in [0.2, 0.25) is 0 Å². The summed E-state index contributed by atoms with van der Waals surface area (Å²) in [5, 5.41) is -1.37. The lowest BCUT2D eigenvalue weighted by Crippen LogP contribution is -2.31. The van der Waals surface area contributed by atoms with Crippen LogP contribution in [0.25, 0.3) is 0 Å². The first-order valence-electron chi connectivity index (χ1n) is 8.44. The summed E-state index contributed by atoms with van der Waals surface area (Å²) in [6.07, 6.45) is 7.24. The lowest BCUT2D eigenvalue weighted by molar-refractivity contribution is -0.150. The molecule has 2 unspecified atom stereocenters. The molecule has 0 aromatic heterocycles. The van der Waals surface area contributed by atoms with E-state index in [1.165, 1.54) is 0 Å². The summed E-state index contributed by atoms with van der Waals surface area (Å²) in [6, 6.07) is 0. The highest BCUT2D eigenvalue weighted by Crippen LogP contribution is 2.08. The Kier molecular flexibility index (Phi) is 14.0. The van der Waals surface area contributed by atoms with Gasteiger partial charge in [0.15, 0.2) is 16.3 Å². The lowest BCUT2D eigenvalue weighted by Gasteiger charge is -2.12. The van der Waals surface area contributed by atoms with Crippen LogP contribution in [0.15, 0.2) is 0 Å². The van der Waals surface area contributed by atoms with Gasteiger partial charge in [0.05, 0.1) is 19.6 Å². The highest BCUT2D eigenvalue weighted by atomic mass is 32.2. The minimum absolute atomic E-state index is 0.207. The molecule has 0 heterocycles. The van der Waals surface area contributed by atoms with Crippen LogP contribution < -0.4 is 0 Å². The van der Waals surface area contributed by atoms with Crippen molar-refractivity contribution in [3.63, 3.8) is 0 Å². The van der Waals surface area contributed by atoms with Crippen molar-refractivity contribution >= 4 is 23.0 Å². The number of hydrogen-bond donors (Lipinski definition) is 1. The Hall–Kier alpha value is -0.950. The molecule has 0 radical (unpaired) electrons. The van der Waals surface area contributed by atoms with Gasteiger partial charge in [-0.25, -0.2) is 4.21 Å². The Labute approximate surface area is 141 Å². The number of ether oxygens (including phenoxy) is 2. The zero-order valence-corrected chi connectivity index (χ0v) is 15.1. The van der Waals surface area contributed by atoms with Crippen LogP contribution in [0.4, 0.5) is 0 Å². The van der Waals surface area contributed by atoms with Gasteiger partial charge in [0, 0.05) is 0 Å². The van der Waals surface area contributed by atoms with Crippen molar-refractivity contribution in [1.82, 2.24) is 0 Å². The van der Waals surface area contributed by atoms with Crippen LogP contribution in [0.5, 0.6) is 0 Å². The van der Waals surface area contributed by atoms with Gasteiger partial charge >= 0.3 is 11.9 Å². The smallest absolute Gasteiger partial charge is 0.324 e. The van der Waals surface area contributed by atoms with Gasteiger partial charge in [0.25, 0.3) is 0 Å². The summed E-state index contributed by atoms with van der Waals surface area (Å²) >= 11 is -2.45. The van der Waals surface area contributed by atoms with Crippen molar-refractivity contribution in [3.05, 3.63) is 0 Å². The number of hydrogen-bond acceptors (Lipinski definition) is 5. The fraction of sp³-hybridized carbons (Fsp3) is 0.875. The number of unbranched alkanes of at least 4 members (excludes halogenated alkanes) is 6. The zero-order chi connectivity index (χ0) is 17.5. The quantitative estimate of drug-likeness (QED) is 0.294. The Morgan fingerprint density at radius 2 is 1.43 bits per heavy atom. The minimum Gasteiger partial charge on any atom is -0.466 e.